The second-order valence-electron chi connectivity index (χ2n) is 7.58. The Bertz CT molecular complexity index is 842. The van der Waals surface area contributed by atoms with Crippen LogP contribution in [0, 0.1) is 0 Å². The monoisotopic (exact) mass is 391 g/mol. The molecule has 0 aliphatic heterocycles. The minimum Gasteiger partial charge on any atom is -0.497 e. The molecule has 154 valence electrons. The number of aromatic nitrogens is 1. The third-order valence-corrected chi connectivity index (χ3v) is 5.42. The highest BCUT2D eigenvalue weighted by molar-refractivity contribution is 5.72. The van der Waals surface area contributed by atoms with Crippen molar-refractivity contribution in [3.8, 4) is 17.0 Å². The molecule has 29 heavy (non-hydrogen) atoms. The molecule has 2 aromatic rings. The second-order valence-corrected chi connectivity index (χ2v) is 7.58. The van der Waals surface area contributed by atoms with Gasteiger partial charge in [0.1, 0.15) is 11.6 Å². The van der Waals surface area contributed by atoms with Crippen LogP contribution in [0.1, 0.15) is 30.9 Å². The quantitative estimate of drug-likeness (QED) is 0.530. The van der Waals surface area contributed by atoms with E-state index in [0.717, 1.165) is 68.3 Å². The van der Waals surface area contributed by atoms with Crippen molar-refractivity contribution in [1.29, 1.82) is 0 Å². The van der Waals surface area contributed by atoms with Crippen LogP contribution in [-0.4, -0.2) is 50.2 Å². The lowest BCUT2D eigenvalue weighted by Gasteiger charge is -2.28. The van der Waals surface area contributed by atoms with Gasteiger partial charge in [0.25, 0.3) is 0 Å². The van der Waals surface area contributed by atoms with Gasteiger partial charge in [-0.1, -0.05) is 25.2 Å². The first kappa shape index (κ1) is 21.1. The van der Waals surface area contributed by atoms with Crippen molar-refractivity contribution >= 4 is 11.9 Å². The van der Waals surface area contributed by atoms with Crippen LogP contribution in [0.3, 0.4) is 0 Å². The Morgan fingerprint density at radius 1 is 1.17 bits per heavy atom. The van der Waals surface area contributed by atoms with Crippen LogP contribution in [0.2, 0.25) is 0 Å². The minimum atomic E-state index is 0.863. The molecular weight excluding hydrogens is 358 g/mol. The number of likely N-dealkylation sites (N-methyl/N-ethyl adjacent to an activating group) is 1. The first-order valence-corrected chi connectivity index (χ1v) is 10.6. The van der Waals surface area contributed by atoms with Crippen molar-refractivity contribution in [2.75, 3.05) is 45.2 Å². The van der Waals surface area contributed by atoms with Gasteiger partial charge in [0.15, 0.2) is 0 Å². The van der Waals surface area contributed by atoms with Gasteiger partial charge in [-0.25, -0.2) is 4.98 Å². The summed E-state index contributed by atoms with van der Waals surface area (Å²) in [7, 11) is 3.86. The van der Waals surface area contributed by atoms with Gasteiger partial charge in [-0.15, -0.1) is 6.58 Å². The normalized spacial score (nSPS) is 12.7. The molecule has 4 nitrogen and oxygen atoms in total. The van der Waals surface area contributed by atoms with Gasteiger partial charge in [-0.05, 0) is 61.7 Å². The van der Waals surface area contributed by atoms with E-state index in [-0.39, 0.29) is 0 Å². The zero-order chi connectivity index (χ0) is 20.6. The summed E-state index contributed by atoms with van der Waals surface area (Å²) in [6.07, 6.45) is 9.78. The smallest absolute Gasteiger partial charge is 0.132 e. The Morgan fingerprint density at radius 3 is 2.66 bits per heavy atom. The molecule has 1 aliphatic rings. The van der Waals surface area contributed by atoms with Crippen molar-refractivity contribution < 1.29 is 4.74 Å². The number of pyridine rings is 1. The third kappa shape index (κ3) is 5.27. The van der Waals surface area contributed by atoms with Crippen LogP contribution in [-0.2, 0) is 6.42 Å². The van der Waals surface area contributed by atoms with E-state index in [1.54, 1.807) is 7.11 Å². The molecule has 1 aromatic heterocycles. The van der Waals surface area contributed by atoms with Crippen molar-refractivity contribution in [2.45, 2.75) is 26.2 Å². The highest BCUT2D eigenvalue weighted by atomic mass is 16.5. The summed E-state index contributed by atoms with van der Waals surface area (Å²) in [4.78, 5) is 9.86. The average molecular weight is 392 g/mol. The van der Waals surface area contributed by atoms with E-state index in [9.17, 15) is 0 Å². The van der Waals surface area contributed by atoms with Crippen LogP contribution < -0.4 is 9.64 Å². The summed E-state index contributed by atoms with van der Waals surface area (Å²) in [6, 6.07) is 10.4. The molecule has 0 saturated carbocycles. The van der Waals surface area contributed by atoms with Crippen molar-refractivity contribution in [2.24, 2.45) is 0 Å². The van der Waals surface area contributed by atoms with Crippen molar-refractivity contribution in [1.82, 2.24) is 9.88 Å². The number of ether oxygens (including phenoxy) is 1. The summed E-state index contributed by atoms with van der Waals surface area (Å²) >= 11 is 0. The number of methoxy groups -OCH3 is 1. The zero-order valence-corrected chi connectivity index (χ0v) is 18.0. The number of allylic oxidation sites excluding steroid dienone is 1. The Labute approximate surface area is 175 Å². The molecule has 4 heteroatoms. The molecule has 3 rings (SSSR count). The first-order valence-electron chi connectivity index (χ1n) is 10.6. The molecule has 0 atom stereocenters. The van der Waals surface area contributed by atoms with E-state index in [1.165, 1.54) is 11.1 Å². The Kier molecular flexibility index (Phi) is 7.48. The van der Waals surface area contributed by atoms with E-state index >= 15 is 0 Å². The maximum atomic E-state index is 5.30. The molecule has 0 amide bonds. The van der Waals surface area contributed by atoms with E-state index in [0.29, 0.717) is 0 Å². The average Bonchev–Trinajstić information content (AvgIpc) is 2.77. The minimum absolute atomic E-state index is 0.863. The van der Waals surface area contributed by atoms with Crippen molar-refractivity contribution in [3.63, 3.8) is 0 Å². The lowest BCUT2D eigenvalue weighted by Crippen LogP contribution is -2.34. The number of benzene rings is 1. The second kappa shape index (κ2) is 10.3. The van der Waals surface area contributed by atoms with E-state index < -0.39 is 0 Å². The Morgan fingerprint density at radius 2 is 1.97 bits per heavy atom. The standard InChI is InChI=1S/C25H33N3O/c1-5-15-28(16-6-2)18-17-27(3)25-23-10-8-7-9-21(23)19-24(26-25)20-11-13-22(29-4)14-12-20/h5,7,9,11-14,19H,1,6,8,10,15-18H2,2-4H3. The van der Waals surface area contributed by atoms with Gasteiger partial charge in [0.2, 0.25) is 0 Å². The third-order valence-electron chi connectivity index (χ3n) is 5.42. The molecule has 0 saturated heterocycles. The molecule has 1 aliphatic carbocycles. The highest BCUT2D eigenvalue weighted by Crippen LogP contribution is 2.32. The lowest BCUT2D eigenvalue weighted by molar-refractivity contribution is 0.310. The maximum Gasteiger partial charge on any atom is 0.132 e. The van der Waals surface area contributed by atoms with Gasteiger partial charge >= 0.3 is 0 Å². The molecule has 0 fully saturated rings. The molecule has 1 heterocycles. The summed E-state index contributed by atoms with van der Waals surface area (Å²) in [5.41, 5.74) is 4.77. The fourth-order valence-corrected chi connectivity index (χ4v) is 3.84. The van der Waals surface area contributed by atoms with Gasteiger partial charge in [-0.2, -0.15) is 0 Å². The van der Waals surface area contributed by atoms with E-state index in [4.69, 9.17) is 9.72 Å². The number of fused-ring (bicyclic) bond motifs is 1. The van der Waals surface area contributed by atoms with Crippen LogP contribution in [0.25, 0.3) is 17.3 Å². The molecule has 0 radical (unpaired) electrons. The predicted molar refractivity (Wildman–Crippen MR) is 124 cm³/mol. The number of hydrogen-bond acceptors (Lipinski definition) is 4. The molecule has 0 bridgehead atoms. The number of hydrogen-bond donors (Lipinski definition) is 0. The van der Waals surface area contributed by atoms with Crippen LogP contribution in [0.15, 0.2) is 49.1 Å². The zero-order valence-electron chi connectivity index (χ0n) is 18.0. The topological polar surface area (TPSA) is 28.6 Å². The van der Waals surface area contributed by atoms with Crippen LogP contribution in [0.5, 0.6) is 5.75 Å². The summed E-state index contributed by atoms with van der Waals surface area (Å²) in [5.74, 6) is 1.97. The lowest BCUT2D eigenvalue weighted by atomic mass is 9.96. The Hall–Kier alpha value is -2.59. The highest BCUT2D eigenvalue weighted by Gasteiger charge is 2.18. The van der Waals surface area contributed by atoms with Crippen LogP contribution >= 0.6 is 0 Å². The number of anilines is 1. The van der Waals surface area contributed by atoms with E-state index in [2.05, 4.69) is 60.7 Å². The summed E-state index contributed by atoms with van der Waals surface area (Å²) in [6.45, 7) is 10.1. The fourth-order valence-electron chi connectivity index (χ4n) is 3.84. The fraction of sp³-hybridized carbons (Fsp3) is 0.400. The van der Waals surface area contributed by atoms with Crippen molar-refractivity contribution in [3.05, 3.63) is 60.2 Å². The Balaban J connectivity index is 1.88. The largest absolute Gasteiger partial charge is 0.497 e. The SMILES string of the molecule is C=CCN(CCC)CCN(C)c1nc(-c2ccc(OC)cc2)cc2c1CCC=C2. The van der Waals surface area contributed by atoms with E-state index in [1.807, 2.05) is 18.2 Å². The van der Waals surface area contributed by atoms with Gasteiger partial charge in [0, 0.05) is 37.8 Å². The number of nitrogens with zero attached hydrogens (tertiary/aromatic N) is 3. The summed E-state index contributed by atoms with van der Waals surface area (Å²) < 4.78 is 5.30. The number of rotatable bonds is 10. The molecule has 1 aromatic carbocycles. The van der Waals surface area contributed by atoms with Gasteiger partial charge in [0.05, 0.1) is 12.8 Å². The molecule has 0 N–H and O–H groups in total. The molecular formula is C25H33N3O. The molecule has 0 unspecified atom stereocenters. The molecule has 0 spiro atoms. The maximum absolute atomic E-state index is 5.30. The van der Waals surface area contributed by atoms with Gasteiger partial charge in [-0.3, -0.25) is 4.90 Å². The summed E-state index contributed by atoms with van der Waals surface area (Å²) in [5, 5.41) is 0. The predicted octanol–water partition coefficient (Wildman–Crippen LogP) is 5.05. The van der Waals surface area contributed by atoms with Gasteiger partial charge < -0.3 is 9.64 Å². The first-order chi connectivity index (χ1) is 14.2. The van der Waals surface area contributed by atoms with Crippen LogP contribution in [0.4, 0.5) is 5.82 Å².